The molecule has 7 heteroatoms. The first kappa shape index (κ1) is 17.8. The summed E-state index contributed by atoms with van der Waals surface area (Å²) in [6.45, 7) is 6.10. The third kappa shape index (κ3) is 4.00. The molecule has 3 rings (SSSR count). The van der Waals surface area contributed by atoms with Crippen LogP contribution in [0.2, 0.25) is 0 Å². The van der Waals surface area contributed by atoms with E-state index in [1.54, 1.807) is 35.6 Å². The Morgan fingerprint density at radius 1 is 1.16 bits per heavy atom. The Morgan fingerprint density at radius 3 is 2.44 bits per heavy atom. The van der Waals surface area contributed by atoms with Gasteiger partial charge in [0.2, 0.25) is 10.0 Å². The standard InChI is InChI=1S/C18H21N3O2S2/c1-13-6-8-16(9-7-13)25(22,23)19-12-17(18-5-4-10-24-18)21-15(3)11-14(2)20-21/h4-11,17,19H,12H2,1-3H3. The molecule has 0 saturated heterocycles. The van der Waals surface area contributed by atoms with Crippen LogP contribution in [0.1, 0.15) is 27.9 Å². The monoisotopic (exact) mass is 375 g/mol. The van der Waals surface area contributed by atoms with Gasteiger partial charge in [0.15, 0.2) is 0 Å². The first-order valence-corrected chi connectivity index (χ1v) is 10.4. The molecule has 2 aromatic heterocycles. The van der Waals surface area contributed by atoms with E-state index in [1.807, 2.05) is 49.0 Å². The lowest BCUT2D eigenvalue weighted by Gasteiger charge is -2.19. The van der Waals surface area contributed by atoms with Crippen molar-refractivity contribution >= 4 is 21.4 Å². The average molecular weight is 376 g/mol. The molecule has 25 heavy (non-hydrogen) atoms. The van der Waals surface area contributed by atoms with Crippen LogP contribution in [0.3, 0.4) is 0 Å². The minimum atomic E-state index is -3.56. The Balaban J connectivity index is 1.86. The third-order valence-electron chi connectivity index (χ3n) is 4.01. The second kappa shape index (κ2) is 7.11. The van der Waals surface area contributed by atoms with E-state index in [2.05, 4.69) is 9.82 Å². The number of hydrogen-bond acceptors (Lipinski definition) is 4. The Kier molecular flexibility index (Phi) is 5.08. The van der Waals surface area contributed by atoms with Crippen molar-refractivity contribution in [3.8, 4) is 0 Å². The smallest absolute Gasteiger partial charge is 0.240 e. The Morgan fingerprint density at radius 2 is 1.88 bits per heavy atom. The van der Waals surface area contributed by atoms with Crippen LogP contribution in [0.25, 0.3) is 0 Å². The minimum absolute atomic E-state index is 0.172. The molecule has 2 heterocycles. The van der Waals surface area contributed by atoms with E-state index in [9.17, 15) is 8.42 Å². The highest BCUT2D eigenvalue weighted by molar-refractivity contribution is 7.89. The van der Waals surface area contributed by atoms with E-state index in [0.717, 1.165) is 21.8 Å². The number of benzene rings is 1. The van der Waals surface area contributed by atoms with Crippen LogP contribution in [0.15, 0.2) is 52.7 Å². The molecule has 0 amide bonds. The maximum absolute atomic E-state index is 12.6. The van der Waals surface area contributed by atoms with Gasteiger partial charge >= 0.3 is 0 Å². The number of aryl methyl sites for hydroxylation is 3. The van der Waals surface area contributed by atoms with Crippen molar-refractivity contribution in [1.82, 2.24) is 14.5 Å². The van der Waals surface area contributed by atoms with Gasteiger partial charge in [-0.05, 0) is 50.4 Å². The van der Waals surface area contributed by atoms with Crippen molar-refractivity contribution < 1.29 is 8.42 Å². The van der Waals surface area contributed by atoms with Gasteiger partial charge < -0.3 is 0 Å². The van der Waals surface area contributed by atoms with Crippen LogP contribution in [0.4, 0.5) is 0 Å². The van der Waals surface area contributed by atoms with Gasteiger partial charge in [0.25, 0.3) is 0 Å². The summed E-state index contributed by atoms with van der Waals surface area (Å²) >= 11 is 1.60. The summed E-state index contributed by atoms with van der Waals surface area (Å²) in [6, 6.07) is 12.6. The Hall–Kier alpha value is -1.96. The SMILES string of the molecule is Cc1ccc(S(=O)(=O)NCC(c2cccs2)n2nc(C)cc2C)cc1. The van der Waals surface area contributed by atoms with Crippen molar-refractivity contribution in [3.05, 3.63) is 69.7 Å². The fraction of sp³-hybridized carbons (Fsp3) is 0.278. The maximum Gasteiger partial charge on any atom is 0.240 e. The molecule has 132 valence electrons. The number of nitrogens with one attached hydrogen (secondary N) is 1. The Labute approximate surface area is 152 Å². The lowest BCUT2D eigenvalue weighted by atomic mass is 10.2. The molecule has 5 nitrogen and oxygen atoms in total. The number of sulfonamides is 1. The lowest BCUT2D eigenvalue weighted by molar-refractivity contribution is 0.499. The van der Waals surface area contributed by atoms with Crippen LogP contribution in [0.5, 0.6) is 0 Å². The van der Waals surface area contributed by atoms with E-state index in [1.165, 1.54) is 0 Å². The summed E-state index contributed by atoms with van der Waals surface area (Å²) in [7, 11) is -3.56. The summed E-state index contributed by atoms with van der Waals surface area (Å²) in [5.74, 6) is 0. The van der Waals surface area contributed by atoms with Gasteiger partial charge in [-0.1, -0.05) is 23.8 Å². The van der Waals surface area contributed by atoms with E-state index in [0.29, 0.717) is 0 Å². The zero-order chi connectivity index (χ0) is 18.0. The highest BCUT2D eigenvalue weighted by Crippen LogP contribution is 2.24. The molecule has 1 unspecified atom stereocenters. The number of aromatic nitrogens is 2. The molecule has 1 N–H and O–H groups in total. The highest BCUT2D eigenvalue weighted by atomic mass is 32.2. The fourth-order valence-electron chi connectivity index (χ4n) is 2.74. The molecule has 0 saturated carbocycles. The number of rotatable bonds is 6. The molecule has 0 bridgehead atoms. The second-order valence-corrected chi connectivity index (χ2v) is 8.81. The normalized spacial score (nSPS) is 13.1. The summed E-state index contributed by atoms with van der Waals surface area (Å²) in [5, 5.41) is 6.53. The molecule has 0 aliphatic heterocycles. The predicted molar refractivity (Wildman–Crippen MR) is 101 cm³/mol. The van der Waals surface area contributed by atoms with E-state index in [4.69, 9.17) is 0 Å². The zero-order valence-electron chi connectivity index (χ0n) is 14.4. The molecule has 1 aromatic carbocycles. The van der Waals surface area contributed by atoms with Crippen LogP contribution in [-0.4, -0.2) is 24.7 Å². The van der Waals surface area contributed by atoms with Gasteiger partial charge in [-0.2, -0.15) is 5.10 Å². The topological polar surface area (TPSA) is 64.0 Å². The third-order valence-corrected chi connectivity index (χ3v) is 6.42. The first-order valence-electron chi connectivity index (χ1n) is 7.99. The van der Waals surface area contributed by atoms with Crippen molar-refractivity contribution in [2.24, 2.45) is 0 Å². The molecule has 1 atom stereocenters. The van der Waals surface area contributed by atoms with Crippen molar-refractivity contribution in [1.29, 1.82) is 0 Å². The summed E-state index contributed by atoms with van der Waals surface area (Å²) in [5.41, 5.74) is 2.95. The number of nitrogens with zero attached hydrogens (tertiary/aromatic N) is 2. The zero-order valence-corrected chi connectivity index (χ0v) is 16.1. The predicted octanol–water partition coefficient (Wildman–Crippen LogP) is 3.44. The molecule has 0 spiro atoms. The summed E-state index contributed by atoms with van der Waals surface area (Å²) in [4.78, 5) is 1.34. The number of hydrogen-bond donors (Lipinski definition) is 1. The molecule has 0 aliphatic rings. The van der Waals surface area contributed by atoms with E-state index < -0.39 is 10.0 Å². The maximum atomic E-state index is 12.6. The van der Waals surface area contributed by atoms with Crippen molar-refractivity contribution in [2.45, 2.75) is 31.7 Å². The van der Waals surface area contributed by atoms with Crippen LogP contribution in [-0.2, 0) is 10.0 Å². The van der Waals surface area contributed by atoms with Gasteiger partial charge in [-0.3, -0.25) is 4.68 Å². The lowest BCUT2D eigenvalue weighted by Crippen LogP contribution is -2.32. The first-order chi connectivity index (χ1) is 11.9. The molecule has 3 aromatic rings. The van der Waals surface area contributed by atoms with E-state index in [-0.39, 0.29) is 17.5 Å². The molecule has 0 radical (unpaired) electrons. The largest absolute Gasteiger partial charge is 0.260 e. The van der Waals surface area contributed by atoms with Gasteiger partial charge in [-0.15, -0.1) is 11.3 Å². The van der Waals surface area contributed by atoms with Gasteiger partial charge in [0.1, 0.15) is 0 Å². The molecule has 0 fully saturated rings. The average Bonchev–Trinajstić information content (AvgIpc) is 3.18. The molecule has 0 aliphatic carbocycles. The van der Waals surface area contributed by atoms with Crippen LogP contribution in [0, 0.1) is 20.8 Å². The van der Waals surface area contributed by atoms with Crippen molar-refractivity contribution in [3.63, 3.8) is 0 Å². The number of thiophene rings is 1. The minimum Gasteiger partial charge on any atom is -0.260 e. The van der Waals surface area contributed by atoms with Gasteiger partial charge in [-0.25, -0.2) is 13.1 Å². The highest BCUT2D eigenvalue weighted by Gasteiger charge is 2.22. The van der Waals surface area contributed by atoms with Gasteiger partial charge in [0, 0.05) is 17.1 Å². The fourth-order valence-corrected chi connectivity index (χ4v) is 4.59. The molecular weight excluding hydrogens is 354 g/mol. The van der Waals surface area contributed by atoms with Crippen LogP contribution >= 0.6 is 11.3 Å². The molecular formula is C18H21N3O2S2. The summed E-state index contributed by atoms with van der Waals surface area (Å²) in [6.07, 6.45) is 0. The van der Waals surface area contributed by atoms with Crippen molar-refractivity contribution in [2.75, 3.05) is 6.54 Å². The van der Waals surface area contributed by atoms with E-state index >= 15 is 0 Å². The second-order valence-electron chi connectivity index (χ2n) is 6.07. The van der Waals surface area contributed by atoms with Gasteiger partial charge in [0.05, 0.1) is 16.6 Å². The van der Waals surface area contributed by atoms with Crippen LogP contribution < -0.4 is 4.72 Å². The Bertz CT molecular complexity index is 943. The summed E-state index contributed by atoms with van der Waals surface area (Å²) < 4.78 is 29.8. The quantitative estimate of drug-likeness (QED) is 0.718.